The standard InChI is InChI=1S/C70H125NO10/c1-4-7-10-13-16-19-22-24-26-28-29-30-31-32-33-34-36-37-39-42-45-48-51-54-57-63(74)69(78)71-61(62(73)56-53-50-47-44-41-21-18-15-12-9-6-3)60-79-70-68(67(77)66(76)64(59-72)80-70)81-65(75)58-55-52-49-46-43-40-38-35-27-25-23-20-17-14-11-8-5-2/h16-17,19-20,24-27,38,40,53,56,61-64,66-68,70,72-74,76-77H,4-15,18,21-23,28-37,39,41-52,54-55,57-60H2,1-3H3,(H,71,78)/b19-16-,20-17-,26-24-,27-25-,40-38-,56-53+. The van der Waals surface area contributed by atoms with E-state index in [4.69, 9.17) is 14.2 Å². The molecule has 11 nitrogen and oxygen atoms in total. The molecule has 1 rings (SSSR count). The fourth-order valence-electron chi connectivity index (χ4n) is 10.2. The highest BCUT2D eigenvalue weighted by atomic mass is 16.7. The lowest BCUT2D eigenvalue weighted by atomic mass is 9.99. The summed E-state index contributed by atoms with van der Waals surface area (Å²) < 4.78 is 17.6. The minimum absolute atomic E-state index is 0.0968. The lowest BCUT2D eigenvalue weighted by Gasteiger charge is -2.41. The lowest BCUT2D eigenvalue weighted by Crippen LogP contribution is -2.61. The molecule has 0 aromatic rings. The summed E-state index contributed by atoms with van der Waals surface area (Å²) in [6, 6.07) is -1.03. The molecule has 1 aliphatic rings. The van der Waals surface area contributed by atoms with Crippen LogP contribution in [0, 0.1) is 0 Å². The van der Waals surface area contributed by atoms with E-state index in [9.17, 15) is 35.1 Å². The van der Waals surface area contributed by atoms with Gasteiger partial charge in [0.2, 0.25) is 5.91 Å². The third-order valence-electron chi connectivity index (χ3n) is 15.6. The molecule has 1 saturated heterocycles. The fraction of sp³-hybridized carbons (Fsp3) is 0.800. The number of allylic oxidation sites excluding steroid dienone is 11. The molecule has 0 bridgehead atoms. The van der Waals surface area contributed by atoms with Gasteiger partial charge in [-0.2, -0.15) is 0 Å². The highest BCUT2D eigenvalue weighted by Gasteiger charge is 2.47. The van der Waals surface area contributed by atoms with Gasteiger partial charge in [-0.05, 0) is 96.3 Å². The van der Waals surface area contributed by atoms with Gasteiger partial charge >= 0.3 is 5.97 Å². The Morgan fingerprint density at radius 1 is 0.481 bits per heavy atom. The van der Waals surface area contributed by atoms with Crippen molar-refractivity contribution in [2.75, 3.05) is 13.2 Å². The molecule has 8 atom stereocenters. The van der Waals surface area contributed by atoms with E-state index in [1.807, 2.05) is 6.08 Å². The van der Waals surface area contributed by atoms with Crippen LogP contribution in [0.1, 0.15) is 297 Å². The van der Waals surface area contributed by atoms with E-state index >= 15 is 0 Å². The predicted octanol–water partition coefficient (Wildman–Crippen LogP) is 16.7. The van der Waals surface area contributed by atoms with Gasteiger partial charge in [0.25, 0.3) is 0 Å². The van der Waals surface area contributed by atoms with Crippen LogP contribution in [0.25, 0.3) is 0 Å². The molecule has 0 aromatic carbocycles. The van der Waals surface area contributed by atoms with Crippen LogP contribution in [-0.2, 0) is 23.8 Å². The number of hydrogen-bond acceptors (Lipinski definition) is 10. The number of rotatable bonds is 57. The van der Waals surface area contributed by atoms with Gasteiger partial charge in [-0.3, -0.25) is 9.59 Å². The summed E-state index contributed by atoms with van der Waals surface area (Å²) in [7, 11) is 0. The summed E-state index contributed by atoms with van der Waals surface area (Å²) in [5, 5.41) is 57.1. The van der Waals surface area contributed by atoms with Crippen LogP contribution in [0.3, 0.4) is 0 Å². The summed E-state index contributed by atoms with van der Waals surface area (Å²) in [4.78, 5) is 26.6. The lowest BCUT2D eigenvalue weighted by molar-refractivity contribution is -0.305. The van der Waals surface area contributed by atoms with Crippen LogP contribution in [0.2, 0.25) is 0 Å². The first-order valence-corrected chi connectivity index (χ1v) is 33.7. The van der Waals surface area contributed by atoms with Crippen molar-refractivity contribution in [3.8, 4) is 0 Å². The van der Waals surface area contributed by atoms with Gasteiger partial charge in [0.15, 0.2) is 12.4 Å². The van der Waals surface area contributed by atoms with Crippen molar-refractivity contribution in [1.29, 1.82) is 0 Å². The summed E-state index contributed by atoms with van der Waals surface area (Å²) in [5.41, 5.74) is 0. The quantitative estimate of drug-likeness (QED) is 0.0195. The Balaban J connectivity index is 2.59. The molecule has 8 unspecified atom stereocenters. The Morgan fingerprint density at radius 3 is 1.30 bits per heavy atom. The van der Waals surface area contributed by atoms with Crippen molar-refractivity contribution >= 4 is 11.9 Å². The molecular weight excluding hydrogens is 1010 g/mol. The first-order chi connectivity index (χ1) is 39.7. The van der Waals surface area contributed by atoms with Gasteiger partial charge in [0.05, 0.1) is 25.4 Å². The summed E-state index contributed by atoms with van der Waals surface area (Å²) in [6.45, 7) is 5.74. The van der Waals surface area contributed by atoms with Gasteiger partial charge in [-0.1, -0.05) is 267 Å². The van der Waals surface area contributed by atoms with E-state index < -0.39 is 67.4 Å². The summed E-state index contributed by atoms with van der Waals surface area (Å²) in [6.07, 6.45) is 63.7. The fourth-order valence-corrected chi connectivity index (χ4v) is 10.2. The molecule has 6 N–H and O–H groups in total. The number of carbonyl (C=O) groups is 2. The van der Waals surface area contributed by atoms with Gasteiger partial charge in [0.1, 0.15) is 24.4 Å². The summed E-state index contributed by atoms with van der Waals surface area (Å²) >= 11 is 0. The van der Waals surface area contributed by atoms with Crippen LogP contribution in [0.5, 0.6) is 0 Å². The first-order valence-electron chi connectivity index (χ1n) is 33.7. The van der Waals surface area contributed by atoms with Gasteiger partial charge < -0.3 is 45.1 Å². The maximum Gasteiger partial charge on any atom is 0.306 e. The van der Waals surface area contributed by atoms with E-state index in [-0.39, 0.29) is 19.4 Å². The normalized spacial score (nSPS) is 19.1. The van der Waals surface area contributed by atoms with E-state index in [1.54, 1.807) is 6.08 Å². The average molecular weight is 1140 g/mol. The zero-order chi connectivity index (χ0) is 58.9. The number of ether oxygens (including phenoxy) is 3. The molecule has 11 heteroatoms. The van der Waals surface area contributed by atoms with Gasteiger partial charge in [-0.25, -0.2) is 0 Å². The number of esters is 1. The summed E-state index contributed by atoms with van der Waals surface area (Å²) in [5.74, 6) is -1.21. The Hall–Kier alpha value is -2.90. The maximum atomic E-state index is 13.5. The van der Waals surface area contributed by atoms with Crippen LogP contribution in [-0.4, -0.2) is 99.6 Å². The monoisotopic (exact) mass is 1140 g/mol. The second-order valence-electron chi connectivity index (χ2n) is 23.2. The third kappa shape index (κ3) is 45.2. The number of aliphatic hydroxyl groups excluding tert-OH is 5. The molecule has 0 aliphatic carbocycles. The molecule has 1 aliphatic heterocycles. The zero-order valence-corrected chi connectivity index (χ0v) is 52.1. The molecule has 0 radical (unpaired) electrons. The number of unbranched alkanes of at least 4 members (excludes halogenated alkanes) is 33. The molecule has 0 saturated carbocycles. The number of amides is 1. The second kappa shape index (κ2) is 57.5. The molecular formula is C70H125NO10. The van der Waals surface area contributed by atoms with Crippen molar-refractivity contribution in [3.05, 3.63) is 72.9 Å². The SMILES string of the molecule is CCCCC/C=C\C/C=C\C/C=C\CCCCCCC(=O)OC1C(OCC(NC(=O)C(O)CCCCCCCCCCCCCCCC/C=C\C/C=C\CCCCC)C(O)/C=C/CCCCCCCCCCC)OC(CO)C(O)C1O. The molecule has 1 fully saturated rings. The Bertz CT molecular complexity index is 1590. The van der Waals surface area contributed by atoms with Crippen molar-refractivity contribution in [2.45, 2.75) is 346 Å². The highest BCUT2D eigenvalue weighted by Crippen LogP contribution is 2.26. The first kappa shape index (κ1) is 76.1. The number of carbonyl (C=O) groups excluding carboxylic acids is 2. The number of nitrogens with one attached hydrogen (secondary N) is 1. The Kier molecular flexibility index (Phi) is 54.1. The molecule has 0 spiro atoms. The topological polar surface area (TPSA) is 175 Å². The largest absolute Gasteiger partial charge is 0.454 e. The van der Waals surface area contributed by atoms with Crippen LogP contribution >= 0.6 is 0 Å². The van der Waals surface area contributed by atoms with E-state index in [0.717, 1.165) is 89.9 Å². The molecule has 81 heavy (non-hydrogen) atoms. The average Bonchev–Trinajstić information content (AvgIpc) is 3.52. The highest BCUT2D eigenvalue weighted by molar-refractivity contribution is 5.80. The molecule has 1 heterocycles. The second-order valence-corrected chi connectivity index (χ2v) is 23.2. The minimum Gasteiger partial charge on any atom is -0.454 e. The molecule has 470 valence electrons. The zero-order valence-electron chi connectivity index (χ0n) is 52.1. The van der Waals surface area contributed by atoms with Crippen molar-refractivity contribution in [2.24, 2.45) is 0 Å². The molecule has 0 aromatic heterocycles. The molecule has 1 amide bonds. The van der Waals surface area contributed by atoms with E-state index in [1.165, 1.54) is 161 Å². The number of aliphatic hydroxyl groups is 5. The van der Waals surface area contributed by atoms with Crippen molar-refractivity contribution in [3.63, 3.8) is 0 Å². The smallest absolute Gasteiger partial charge is 0.306 e. The van der Waals surface area contributed by atoms with E-state index in [0.29, 0.717) is 12.8 Å². The van der Waals surface area contributed by atoms with Crippen molar-refractivity contribution in [1.82, 2.24) is 5.32 Å². The Labute approximate surface area is 496 Å². The van der Waals surface area contributed by atoms with Crippen molar-refractivity contribution < 1.29 is 49.3 Å². The third-order valence-corrected chi connectivity index (χ3v) is 15.6. The van der Waals surface area contributed by atoms with Gasteiger partial charge in [0, 0.05) is 6.42 Å². The van der Waals surface area contributed by atoms with Crippen LogP contribution in [0.4, 0.5) is 0 Å². The maximum absolute atomic E-state index is 13.5. The minimum atomic E-state index is -1.62. The van der Waals surface area contributed by atoms with Crippen LogP contribution in [0.15, 0.2) is 72.9 Å². The number of hydrogen-bond donors (Lipinski definition) is 6. The van der Waals surface area contributed by atoms with Gasteiger partial charge in [-0.15, -0.1) is 0 Å². The predicted molar refractivity (Wildman–Crippen MR) is 338 cm³/mol. The van der Waals surface area contributed by atoms with E-state index in [2.05, 4.69) is 86.8 Å². The Morgan fingerprint density at radius 2 is 0.852 bits per heavy atom. The van der Waals surface area contributed by atoms with Crippen LogP contribution < -0.4 is 5.32 Å².